The number of rotatable bonds is 4. The van der Waals surface area contributed by atoms with Crippen molar-refractivity contribution >= 4 is 0 Å². The molecule has 4 bridgehead atoms. The SMILES string of the molecule is Cc1cccc(C)c1-c1ncc(CCC23CC4CC(CC(C4)C2)C3)[nH]1. The summed E-state index contributed by atoms with van der Waals surface area (Å²) in [4.78, 5) is 8.35. The molecule has 2 heteroatoms. The quantitative estimate of drug-likeness (QED) is 0.747. The summed E-state index contributed by atoms with van der Waals surface area (Å²) >= 11 is 0. The zero-order valence-corrected chi connectivity index (χ0v) is 15.6. The smallest absolute Gasteiger partial charge is 0.138 e. The van der Waals surface area contributed by atoms with E-state index in [4.69, 9.17) is 4.98 Å². The fourth-order valence-corrected chi connectivity index (χ4v) is 6.80. The van der Waals surface area contributed by atoms with Crippen LogP contribution in [0.5, 0.6) is 0 Å². The van der Waals surface area contributed by atoms with E-state index >= 15 is 0 Å². The number of hydrogen-bond donors (Lipinski definition) is 1. The zero-order valence-electron chi connectivity index (χ0n) is 15.6. The largest absolute Gasteiger partial charge is 0.342 e. The highest BCUT2D eigenvalue weighted by atomic mass is 14.9. The fraction of sp³-hybridized carbons (Fsp3) is 0.609. The summed E-state index contributed by atoms with van der Waals surface area (Å²) in [5, 5.41) is 0. The Labute approximate surface area is 151 Å². The molecule has 4 saturated carbocycles. The standard InChI is InChI=1S/C23H30N2/c1-15-4-3-5-16(2)21(15)22-24-14-20(25-22)6-7-23-11-17-8-18(12-23)10-19(9-17)13-23/h3-5,14,17-19H,6-13H2,1-2H3,(H,24,25). The summed E-state index contributed by atoms with van der Waals surface area (Å²) in [7, 11) is 0. The van der Waals surface area contributed by atoms with Gasteiger partial charge in [-0.15, -0.1) is 0 Å². The highest BCUT2D eigenvalue weighted by Crippen LogP contribution is 2.61. The first kappa shape index (κ1) is 15.7. The van der Waals surface area contributed by atoms with Crippen molar-refractivity contribution in [3.8, 4) is 11.4 Å². The van der Waals surface area contributed by atoms with E-state index in [1.807, 2.05) is 0 Å². The Kier molecular flexibility index (Phi) is 3.59. The van der Waals surface area contributed by atoms with E-state index in [2.05, 4.69) is 43.2 Å². The molecular weight excluding hydrogens is 304 g/mol. The average Bonchev–Trinajstić information content (AvgIpc) is 3.00. The molecule has 0 radical (unpaired) electrons. The predicted molar refractivity (Wildman–Crippen MR) is 102 cm³/mol. The van der Waals surface area contributed by atoms with Crippen molar-refractivity contribution in [2.45, 2.75) is 65.2 Å². The summed E-state index contributed by atoms with van der Waals surface area (Å²) in [6, 6.07) is 6.49. The maximum absolute atomic E-state index is 4.72. The van der Waals surface area contributed by atoms with E-state index in [1.54, 1.807) is 19.3 Å². The molecule has 0 unspecified atom stereocenters. The van der Waals surface area contributed by atoms with Gasteiger partial charge in [-0.2, -0.15) is 0 Å². The van der Waals surface area contributed by atoms with Crippen LogP contribution >= 0.6 is 0 Å². The van der Waals surface area contributed by atoms with Crippen LogP contribution in [0.2, 0.25) is 0 Å². The highest BCUT2D eigenvalue weighted by molar-refractivity contribution is 5.64. The molecule has 0 atom stereocenters. The molecule has 0 saturated heterocycles. The molecule has 25 heavy (non-hydrogen) atoms. The van der Waals surface area contributed by atoms with Gasteiger partial charge in [0.1, 0.15) is 5.82 Å². The third-order valence-electron chi connectivity index (χ3n) is 7.44. The molecule has 0 amide bonds. The maximum Gasteiger partial charge on any atom is 0.138 e. The van der Waals surface area contributed by atoms with E-state index in [0.717, 1.165) is 23.6 Å². The van der Waals surface area contributed by atoms with Crippen LogP contribution in [-0.2, 0) is 6.42 Å². The molecule has 6 rings (SSSR count). The van der Waals surface area contributed by atoms with Crippen molar-refractivity contribution in [2.24, 2.45) is 23.2 Å². The molecule has 1 N–H and O–H groups in total. The van der Waals surface area contributed by atoms with Gasteiger partial charge in [-0.1, -0.05) is 18.2 Å². The van der Waals surface area contributed by atoms with Crippen LogP contribution in [0.3, 0.4) is 0 Å². The predicted octanol–water partition coefficient (Wildman–Crippen LogP) is 5.84. The molecule has 4 aliphatic rings. The molecule has 1 heterocycles. The van der Waals surface area contributed by atoms with Crippen molar-refractivity contribution in [2.75, 3.05) is 0 Å². The van der Waals surface area contributed by atoms with Gasteiger partial charge >= 0.3 is 0 Å². The first-order valence-corrected chi connectivity index (χ1v) is 10.2. The Hall–Kier alpha value is -1.57. The minimum Gasteiger partial charge on any atom is -0.342 e. The first-order valence-electron chi connectivity index (χ1n) is 10.2. The molecule has 2 nitrogen and oxygen atoms in total. The van der Waals surface area contributed by atoms with Crippen LogP contribution in [0, 0.1) is 37.0 Å². The van der Waals surface area contributed by atoms with Crippen molar-refractivity contribution in [1.29, 1.82) is 0 Å². The summed E-state index contributed by atoms with van der Waals surface area (Å²) in [6.07, 6.45) is 13.8. The lowest BCUT2D eigenvalue weighted by atomic mass is 9.48. The molecule has 0 aliphatic heterocycles. The second-order valence-electron chi connectivity index (χ2n) is 9.44. The summed E-state index contributed by atoms with van der Waals surface area (Å²) in [6.45, 7) is 4.36. The van der Waals surface area contributed by atoms with Gasteiger partial charge in [0.05, 0.1) is 0 Å². The van der Waals surface area contributed by atoms with Gasteiger partial charge in [0, 0.05) is 17.5 Å². The van der Waals surface area contributed by atoms with Gasteiger partial charge in [0.15, 0.2) is 0 Å². The third-order valence-corrected chi connectivity index (χ3v) is 7.44. The summed E-state index contributed by atoms with van der Waals surface area (Å²) < 4.78 is 0. The van der Waals surface area contributed by atoms with E-state index in [0.29, 0.717) is 5.41 Å². The molecule has 1 aromatic heterocycles. The lowest BCUT2D eigenvalue weighted by Crippen LogP contribution is -2.46. The Morgan fingerprint density at radius 1 is 1.00 bits per heavy atom. The van der Waals surface area contributed by atoms with Gasteiger partial charge in [0.25, 0.3) is 0 Å². The molecule has 2 aromatic rings. The van der Waals surface area contributed by atoms with Crippen LogP contribution in [0.1, 0.15) is 61.8 Å². The van der Waals surface area contributed by atoms with Crippen LogP contribution in [-0.4, -0.2) is 9.97 Å². The highest BCUT2D eigenvalue weighted by Gasteiger charge is 2.50. The number of aromatic amines is 1. The number of imidazole rings is 1. The Bertz CT molecular complexity index is 730. The van der Waals surface area contributed by atoms with E-state index in [9.17, 15) is 0 Å². The number of aromatic nitrogens is 2. The van der Waals surface area contributed by atoms with Gasteiger partial charge in [-0.3, -0.25) is 0 Å². The number of hydrogen-bond acceptors (Lipinski definition) is 1. The number of aryl methyl sites for hydroxylation is 3. The van der Waals surface area contributed by atoms with Crippen LogP contribution < -0.4 is 0 Å². The zero-order chi connectivity index (χ0) is 17.0. The molecule has 132 valence electrons. The molecule has 4 fully saturated rings. The Morgan fingerprint density at radius 2 is 1.60 bits per heavy atom. The van der Waals surface area contributed by atoms with E-state index < -0.39 is 0 Å². The fourth-order valence-electron chi connectivity index (χ4n) is 6.80. The number of nitrogens with one attached hydrogen (secondary N) is 1. The number of H-pyrrole nitrogens is 1. The summed E-state index contributed by atoms with van der Waals surface area (Å²) in [5.74, 6) is 4.21. The normalized spacial score (nSPS) is 33.1. The van der Waals surface area contributed by atoms with E-state index in [1.165, 1.54) is 54.5 Å². The molecule has 1 aromatic carbocycles. The number of benzene rings is 1. The van der Waals surface area contributed by atoms with E-state index in [-0.39, 0.29) is 0 Å². The lowest BCUT2D eigenvalue weighted by Gasteiger charge is -2.57. The lowest BCUT2D eigenvalue weighted by molar-refractivity contribution is -0.0570. The first-order chi connectivity index (χ1) is 12.1. The molecule has 0 spiro atoms. The van der Waals surface area contributed by atoms with Crippen molar-refractivity contribution < 1.29 is 0 Å². The molecule has 4 aliphatic carbocycles. The monoisotopic (exact) mass is 334 g/mol. The second-order valence-corrected chi connectivity index (χ2v) is 9.44. The van der Waals surface area contributed by atoms with Crippen molar-refractivity contribution in [3.63, 3.8) is 0 Å². The van der Waals surface area contributed by atoms with Gasteiger partial charge in [0.2, 0.25) is 0 Å². The van der Waals surface area contributed by atoms with Crippen LogP contribution in [0.4, 0.5) is 0 Å². The van der Waals surface area contributed by atoms with Crippen LogP contribution in [0.15, 0.2) is 24.4 Å². The van der Waals surface area contributed by atoms with Gasteiger partial charge in [-0.05, 0) is 99.5 Å². The van der Waals surface area contributed by atoms with Gasteiger partial charge < -0.3 is 4.98 Å². The maximum atomic E-state index is 4.72. The topological polar surface area (TPSA) is 28.7 Å². The van der Waals surface area contributed by atoms with Gasteiger partial charge in [-0.25, -0.2) is 4.98 Å². The van der Waals surface area contributed by atoms with Crippen molar-refractivity contribution in [3.05, 3.63) is 41.2 Å². The number of nitrogens with zero attached hydrogens (tertiary/aromatic N) is 1. The second kappa shape index (κ2) is 5.72. The Balaban J connectivity index is 1.32. The third kappa shape index (κ3) is 2.74. The Morgan fingerprint density at radius 3 is 2.20 bits per heavy atom. The average molecular weight is 335 g/mol. The van der Waals surface area contributed by atoms with Crippen molar-refractivity contribution in [1.82, 2.24) is 9.97 Å². The molecular formula is C23H30N2. The minimum absolute atomic E-state index is 0.665. The minimum atomic E-state index is 0.665. The van der Waals surface area contributed by atoms with Crippen LogP contribution in [0.25, 0.3) is 11.4 Å². The summed E-state index contributed by atoms with van der Waals surface area (Å²) in [5.41, 5.74) is 5.89.